The van der Waals surface area contributed by atoms with E-state index >= 15 is 0 Å². The van der Waals surface area contributed by atoms with Gasteiger partial charge in [-0.3, -0.25) is 0 Å². The first kappa shape index (κ1) is 14.5. The van der Waals surface area contributed by atoms with E-state index in [-0.39, 0.29) is 0 Å². The summed E-state index contributed by atoms with van der Waals surface area (Å²) in [5, 5.41) is 9.95. The molecule has 0 unspecified atom stereocenters. The highest BCUT2D eigenvalue weighted by atomic mass is 32.1. The molecule has 0 bridgehead atoms. The van der Waals surface area contributed by atoms with E-state index < -0.39 is 5.97 Å². The van der Waals surface area contributed by atoms with Crippen molar-refractivity contribution in [1.82, 2.24) is 4.98 Å². The fourth-order valence-corrected chi connectivity index (χ4v) is 3.31. The summed E-state index contributed by atoms with van der Waals surface area (Å²) in [6.45, 7) is 3.79. The lowest BCUT2D eigenvalue weighted by molar-refractivity contribution is 0.0701. The minimum Gasteiger partial charge on any atom is -0.477 e. The van der Waals surface area contributed by atoms with Crippen LogP contribution in [0, 0.1) is 13.8 Å². The van der Waals surface area contributed by atoms with Crippen LogP contribution in [0.4, 0.5) is 0 Å². The zero-order chi connectivity index (χ0) is 15.7. The highest BCUT2D eigenvalue weighted by Crippen LogP contribution is 2.35. The van der Waals surface area contributed by atoms with E-state index in [0.29, 0.717) is 10.6 Å². The first-order valence-corrected chi connectivity index (χ1v) is 7.75. The van der Waals surface area contributed by atoms with Gasteiger partial charge in [0.05, 0.1) is 5.69 Å². The summed E-state index contributed by atoms with van der Waals surface area (Å²) in [7, 11) is 0. The summed E-state index contributed by atoms with van der Waals surface area (Å²) < 4.78 is 0. The van der Waals surface area contributed by atoms with Crippen LogP contribution in [0.5, 0.6) is 0 Å². The first-order valence-electron chi connectivity index (χ1n) is 6.93. The molecule has 3 aromatic rings. The summed E-state index contributed by atoms with van der Waals surface area (Å²) in [5.74, 6) is -0.922. The predicted octanol–water partition coefficient (Wildman–Crippen LogP) is 4.79. The summed E-state index contributed by atoms with van der Waals surface area (Å²) in [4.78, 5) is 16.0. The second-order valence-corrected chi connectivity index (χ2v) is 6.15. The molecule has 4 heteroatoms. The number of thiazole rings is 1. The van der Waals surface area contributed by atoms with Crippen LogP contribution in [0.3, 0.4) is 0 Å². The quantitative estimate of drug-likeness (QED) is 0.756. The highest BCUT2D eigenvalue weighted by molar-refractivity contribution is 7.17. The van der Waals surface area contributed by atoms with Crippen molar-refractivity contribution in [3.05, 3.63) is 64.7 Å². The normalized spacial score (nSPS) is 10.6. The number of rotatable bonds is 3. The Morgan fingerprint density at radius 2 is 1.64 bits per heavy atom. The lowest BCUT2D eigenvalue weighted by Crippen LogP contribution is -1.94. The number of hydrogen-bond acceptors (Lipinski definition) is 3. The fourth-order valence-electron chi connectivity index (χ4n) is 2.36. The van der Waals surface area contributed by atoms with Gasteiger partial charge in [-0.2, -0.15) is 0 Å². The van der Waals surface area contributed by atoms with Crippen molar-refractivity contribution in [2.24, 2.45) is 0 Å². The molecule has 2 aromatic carbocycles. The first-order chi connectivity index (χ1) is 10.6. The summed E-state index contributed by atoms with van der Waals surface area (Å²) in [5.41, 5.74) is 4.90. The van der Waals surface area contributed by atoms with Gasteiger partial charge in [-0.05, 0) is 25.0 Å². The van der Waals surface area contributed by atoms with Gasteiger partial charge in [-0.15, -0.1) is 11.3 Å². The number of benzene rings is 2. The second-order valence-electron chi connectivity index (χ2n) is 5.15. The van der Waals surface area contributed by atoms with Gasteiger partial charge in [0.15, 0.2) is 0 Å². The van der Waals surface area contributed by atoms with Gasteiger partial charge in [0.1, 0.15) is 9.88 Å². The maximum atomic E-state index is 11.2. The van der Waals surface area contributed by atoms with Crippen LogP contribution in [0.2, 0.25) is 0 Å². The van der Waals surface area contributed by atoms with E-state index in [1.54, 1.807) is 6.92 Å². The Bertz CT molecular complexity index is 835. The van der Waals surface area contributed by atoms with Crippen LogP contribution in [-0.2, 0) is 0 Å². The molecule has 0 aliphatic rings. The van der Waals surface area contributed by atoms with Gasteiger partial charge < -0.3 is 5.11 Å². The topological polar surface area (TPSA) is 50.2 Å². The molecule has 0 fully saturated rings. The van der Waals surface area contributed by atoms with Crippen molar-refractivity contribution in [2.45, 2.75) is 13.8 Å². The zero-order valence-corrected chi connectivity index (χ0v) is 13.1. The van der Waals surface area contributed by atoms with Crippen LogP contribution in [0.25, 0.3) is 21.7 Å². The molecular formula is C18H15NO2S. The van der Waals surface area contributed by atoms with Crippen molar-refractivity contribution in [3.8, 4) is 21.7 Å². The minimum atomic E-state index is -0.922. The molecule has 3 nitrogen and oxygen atoms in total. The maximum Gasteiger partial charge on any atom is 0.347 e. The van der Waals surface area contributed by atoms with E-state index in [1.807, 2.05) is 24.3 Å². The Morgan fingerprint density at radius 3 is 2.23 bits per heavy atom. The number of carboxylic acids is 1. The van der Waals surface area contributed by atoms with Crippen molar-refractivity contribution in [2.75, 3.05) is 0 Å². The molecule has 110 valence electrons. The molecule has 1 aromatic heterocycles. The molecule has 0 radical (unpaired) electrons. The van der Waals surface area contributed by atoms with Crippen molar-refractivity contribution >= 4 is 17.3 Å². The molecule has 0 saturated heterocycles. The van der Waals surface area contributed by atoms with Crippen LogP contribution in [-0.4, -0.2) is 16.1 Å². The average Bonchev–Trinajstić information content (AvgIpc) is 2.90. The van der Waals surface area contributed by atoms with Crippen LogP contribution < -0.4 is 0 Å². The molecule has 3 rings (SSSR count). The third-order valence-electron chi connectivity index (χ3n) is 3.51. The number of carboxylic acid groups (broad SMARTS) is 1. The number of carbonyl (C=O) groups is 1. The van der Waals surface area contributed by atoms with Gasteiger partial charge in [0.2, 0.25) is 0 Å². The number of aryl methyl sites for hydroxylation is 2. The van der Waals surface area contributed by atoms with Gasteiger partial charge in [-0.1, -0.05) is 54.1 Å². The van der Waals surface area contributed by atoms with Gasteiger partial charge >= 0.3 is 5.97 Å². The molecule has 0 aliphatic heterocycles. The van der Waals surface area contributed by atoms with E-state index in [1.165, 1.54) is 16.9 Å². The largest absolute Gasteiger partial charge is 0.477 e. The zero-order valence-electron chi connectivity index (χ0n) is 12.3. The SMILES string of the molecule is Cc1ccc(-c2ccccc2-c2nc(C)c(C(=O)O)s2)cc1. The van der Waals surface area contributed by atoms with Gasteiger partial charge in [0.25, 0.3) is 0 Å². The molecule has 1 heterocycles. The lowest BCUT2D eigenvalue weighted by atomic mass is 9.99. The van der Waals surface area contributed by atoms with E-state index in [2.05, 4.69) is 36.2 Å². The fraction of sp³-hybridized carbons (Fsp3) is 0.111. The van der Waals surface area contributed by atoms with Crippen molar-refractivity contribution < 1.29 is 9.90 Å². The number of hydrogen-bond donors (Lipinski definition) is 1. The molecule has 0 aliphatic carbocycles. The number of nitrogens with zero attached hydrogens (tertiary/aromatic N) is 1. The lowest BCUT2D eigenvalue weighted by Gasteiger charge is -2.07. The standard InChI is InChI=1S/C18H15NO2S/c1-11-7-9-13(10-8-11)14-5-3-4-6-15(14)17-19-12(2)16(22-17)18(20)21/h3-10H,1-2H3,(H,20,21). The average molecular weight is 309 g/mol. The van der Waals surface area contributed by atoms with Crippen LogP contribution in [0.15, 0.2) is 48.5 Å². The predicted molar refractivity (Wildman–Crippen MR) is 89.4 cm³/mol. The highest BCUT2D eigenvalue weighted by Gasteiger charge is 2.17. The monoisotopic (exact) mass is 309 g/mol. The Hall–Kier alpha value is -2.46. The molecule has 0 spiro atoms. The molecule has 1 N–H and O–H groups in total. The summed E-state index contributed by atoms with van der Waals surface area (Å²) in [6, 6.07) is 16.3. The molecule has 0 saturated carbocycles. The van der Waals surface area contributed by atoms with Crippen LogP contribution >= 0.6 is 11.3 Å². The Kier molecular flexibility index (Phi) is 3.77. The third kappa shape index (κ3) is 2.65. The Morgan fingerprint density at radius 1 is 1.00 bits per heavy atom. The smallest absolute Gasteiger partial charge is 0.347 e. The molecule has 22 heavy (non-hydrogen) atoms. The van der Waals surface area contributed by atoms with Crippen molar-refractivity contribution in [1.29, 1.82) is 0 Å². The molecule has 0 atom stereocenters. The Labute approximate surface area is 132 Å². The number of aromatic carboxylic acids is 1. The summed E-state index contributed by atoms with van der Waals surface area (Å²) >= 11 is 1.22. The van der Waals surface area contributed by atoms with Crippen LogP contribution in [0.1, 0.15) is 20.9 Å². The van der Waals surface area contributed by atoms with Gasteiger partial charge in [0, 0.05) is 5.56 Å². The number of aromatic nitrogens is 1. The van der Waals surface area contributed by atoms with E-state index in [9.17, 15) is 9.90 Å². The maximum absolute atomic E-state index is 11.2. The van der Waals surface area contributed by atoms with E-state index in [4.69, 9.17) is 0 Å². The van der Waals surface area contributed by atoms with E-state index in [0.717, 1.165) is 21.7 Å². The molecular weight excluding hydrogens is 294 g/mol. The molecule has 0 amide bonds. The van der Waals surface area contributed by atoms with Crippen molar-refractivity contribution in [3.63, 3.8) is 0 Å². The second kappa shape index (κ2) is 5.73. The third-order valence-corrected chi connectivity index (χ3v) is 4.69. The van der Waals surface area contributed by atoms with Gasteiger partial charge in [-0.25, -0.2) is 9.78 Å². The minimum absolute atomic E-state index is 0.300. The summed E-state index contributed by atoms with van der Waals surface area (Å²) in [6.07, 6.45) is 0. The Balaban J connectivity index is 2.14.